The molecule has 25 heavy (non-hydrogen) atoms. The minimum atomic E-state index is -0.00272. The fourth-order valence-corrected chi connectivity index (χ4v) is 3.21. The number of hydrogen-bond acceptors (Lipinski definition) is 4. The minimum Gasteiger partial charge on any atom is -0.494 e. The largest absolute Gasteiger partial charge is 0.494 e. The number of rotatable bonds is 10. The summed E-state index contributed by atoms with van der Waals surface area (Å²) >= 11 is 0. The third kappa shape index (κ3) is 5.34. The predicted molar refractivity (Wildman–Crippen MR) is 104 cm³/mol. The van der Waals surface area contributed by atoms with E-state index in [1.165, 1.54) is 43.1 Å². The molecule has 6 N–H and O–H groups in total. The predicted octanol–water partition coefficient (Wildman–Crippen LogP) is 4.74. The molecule has 1 aromatic heterocycles. The Morgan fingerprint density at radius 2 is 1.36 bits per heavy atom. The van der Waals surface area contributed by atoms with E-state index in [2.05, 4.69) is 6.92 Å². The normalized spacial score (nSPS) is 11.1. The summed E-state index contributed by atoms with van der Waals surface area (Å²) in [4.78, 5) is 0. The quantitative estimate of drug-likeness (QED) is 0.369. The van der Waals surface area contributed by atoms with Crippen molar-refractivity contribution in [3.8, 4) is 17.4 Å². The van der Waals surface area contributed by atoms with Crippen LogP contribution in [0.2, 0.25) is 0 Å². The molecule has 0 aliphatic carbocycles. The van der Waals surface area contributed by atoms with E-state index in [9.17, 15) is 10.2 Å². The Balaban J connectivity index is 1.91. The topological polar surface area (TPSA) is 97.4 Å². The van der Waals surface area contributed by atoms with Gasteiger partial charge in [-0.25, -0.2) is 0 Å². The second-order valence-electron chi connectivity index (χ2n) is 6.77. The summed E-state index contributed by atoms with van der Waals surface area (Å²) in [5.41, 5.74) is 13.9. The smallest absolute Gasteiger partial charge is 0.201 e. The number of aromatic hydroxyl groups is 2. The van der Waals surface area contributed by atoms with Crippen molar-refractivity contribution >= 4 is 11.4 Å². The first-order valence-corrected chi connectivity index (χ1v) is 9.32. The van der Waals surface area contributed by atoms with Gasteiger partial charge in [0.15, 0.2) is 5.88 Å². The number of unbranched alkanes of at least 4 members (excludes halogenated alkanes) is 7. The summed E-state index contributed by atoms with van der Waals surface area (Å²) in [6.07, 6.45) is 10.6. The average Bonchev–Trinajstić information content (AvgIpc) is 2.83. The van der Waals surface area contributed by atoms with E-state index in [1.54, 1.807) is 24.3 Å². The molecule has 0 atom stereocenters. The Morgan fingerprint density at radius 1 is 0.800 bits per heavy atom. The molecule has 0 spiro atoms. The molecule has 2 aromatic rings. The Bertz CT molecular complexity index is 660. The van der Waals surface area contributed by atoms with Gasteiger partial charge in [-0.05, 0) is 31.0 Å². The number of aryl methyl sites for hydroxylation is 1. The van der Waals surface area contributed by atoms with Crippen LogP contribution in [0.25, 0.3) is 5.69 Å². The first-order chi connectivity index (χ1) is 12.0. The zero-order chi connectivity index (χ0) is 18.2. The Labute approximate surface area is 150 Å². The molecule has 0 unspecified atom stereocenters. The summed E-state index contributed by atoms with van der Waals surface area (Å²) < 4.78 is 1.38. The van der Waals surface area contributed by atoms with Gasteiger partial charge in [0.1, 0.15) is 0 Å². The third-order valence-electron chi connectivity index (χ3n) is 4.55. The van der Waals surface area contributed by atoms with E-state index >= 15 is 0 Å². The lowest BCUT2D eigenvalue weighted by Gasteiger charge is -2.09. The van der Waals surface area contributed by atoms with Crippen LogP contribution in [-0.2, 0) is 6.42 Å². The van der Waals surface area contributed by atoms with Crippen molar-refractivity contribution in [3.63, 3.8) is 0 Å². The number of anilines is 2. The van der Waals surface area contributed by atoms with Crippen molar-refractivity contribution in [3.05, 3.63) is 29.8 Å². The summed E-state index contributed by atoms with van der Waals surface area (Å²) in [7, 11) is 0. The van der Waals surface area contributed by atoms with Crippen molar-refractivity contribution in [2.75, 3.05) is 11.5 Å². The minimum absolute atomic E-state index is 0.00272. The van der Waals surface area contributed by atoms with Gasteiger partial charge < -0.3 is 21.7 Å². The maximum atomic E-state index is 10.5. The van der Waals surface area contributed by atoms with Gasteiger partial charge in [0.05, 0.1) is 5.69 Å². The number of nitrogen functional groups attached to an aromatic ring is 2. The van der Waals surface area contributed by atoms with Gasteiger partial charge in [0.2, 0.25) is 5.88 Å². The lowest BCUT2D eigenvalue weighted by Crippen LogP contribution is -1.98. The van der Waals surface area contributed by atoms with Crippen molar-refractivity contribution in [2.24, 2.45) is 0 Å². The van der Waals surface area contributed by atoms with Gasteiger partial charge in [-0.15, -0.1) is 0 Å². The highest BCUT2D eigenvalue weighted by atomic mass is 16.3. The molecule has 0 aliphatic heterocycles. The summed E-state index contributed by atoms with van der Waals surface area (Å²) in [6, 6.07) is 6.62. The fourth-order valence-electron chi connectivity index (χ4n) is 3.21. The molecule has 0 saturated carbocycles. The number of aromatic nitrogens is 1. The highest BCUT2D eigenvalue weighted by Gasteiger charge is 2.15. The van der Waals surface area contributed by atoms with Crippen molar-refractivity contribution in [2.45, 2.75) is 64.7 Å². The van der Waals surface area contributed by atoms with Crippen LogP contribution in [0.15, 0.2) is 24.3 Å². The molecule has 1 aromatic carbocycles. The van der Waals surface area contributed by atoms with Crippen LogP contribution in [0, 0.1) is 0 Å². The molecule has 0 amide bonds. The van der Waals surface area contributed by atoms with Crippen LogP contribution in [-0.4, -0.2) is 14.8 Å². The standard InChI is InChI=1S/C20H31N3O2/c1-2-3-4-5-6-7-8-9-10-15-11-19(24)23(20(15)25)18-13-16(21)12-17(22)14-18/h11-14,24-25H,2-10,21-22H2,1H3. The van der Waals surface area contributed by atoms with E-state index in [0.29, 0.717) is 17.1 Å². The number of nitrogens with zero attached hydrogens (tertiary/aromatic N) is 1. The second kappa shape index (κ2) is 9.25. The summed E-state index contributed by atoms with van der Waals surface area (Å²) in [6.45, 7) is 2.23. The van der Waals surface area contributed by atoms with E-state index in [4.69, 9.17) is 11.5 Å². The van der Waals surface area contributed by atoms with Crippen LogP contribution < -0.4 is 11.5 Å². The van der Waals surface area contributed by atoms with Crippen LogP contribution in [0.1, 0.15) is 63.9 Å². The van der Waals surface area contributed by atoms with E-state index in [1.807, 2.05) is 0 Å². The molecule has 0 radical (unpaired) electrons. The zero-order valence-corrected chi connectivity index (χ0v) is 15.2. The van der Waals surface area contributed by atoms with Crippen molar-refractivity contribution in [1.82, 2.24) is 4.57 Å². The molecule has 1 heterocycles. The number of benzene rings is 1. The molecule has 0 bridgehead atoms. The Morgan fingerprint density at radius 3 is 1.96 bits per heavy atom. The molecule has 2 rings (SSSR count). The van der Waals surface area contributed by atoms with Crippen LogP contribution in [0.3, 0.4) is 0 Å². The lowest BCUT2D eigenvalue weighted by molar-refractivity contribution is 0.400. The average molecular weight is 345 g/mol. The van der Waals surface area contributed by atoms with E-state index in [0.717, 1.165) is 24.8 Å². The molecule has 0 aliphatic rings. The number of nitrogens with two attached hydrogens (primary N) is 2. The van der Waals surface area contributed by atoms with Crippen molar-refractivity contribution < 1.29 is 10.2 Å². The van der Waals surface area contributed by atoms with Gasteiger partial charge in [-0.3, -0.25) is 4.57 Å². The van der Waals surface area contributed by atoms with Crippen LogP contribution in [0.4, 0.5) is 11.4 Å². The maximum absolute atomic E-state index is 10.5. The van der Waals surface area contributed by atoms with Gasteiger partial charge in [-0.2, -0.15) is 0 Å². The summed E-state index contributed by atoms with van der Waals surface area (Å²) in [5.74, 6) is 0.0579. The monoisotopic (exact) mass is 345 g/mol. The zero-order valence-electron chi connectivity index (χ0n) is 15.2. The van der Waals surface area contributed by atoms with Gasteiger partial charge in [0, 0.05) is 23.0 Å². The van der Waals surface area contributed by atoms with Crippen molar-refractivity contribution in [1.29, 1.82) is 0 Å². The molecular weight excluding hydrogens is 314 g/mol. The molecule has 0 saturated heterocycles. The SMILES string of the molecule is CCCCCCCCCCc1cc(O)n(-c2cc(N)cc(N)c2)c1O. The first-order valence-electron chi connectivity index (χ1n) is 9.32. The Kier molecular flexibility index (Phi) is 7.04. The highest BCUT2D eigenvalue weighted by Crippen LogP contribution is 2.34. The Hall–Kier alpha value is -2.30. The highest BCUT2D eigenvalue weighted by molar-refractivity contribution is 5.61. The molecule has 138 valence electrons. The van der Waals surface area contributed by atoms with Crippen LogP contribution >= 0.6 is 0 Å². The molecule has 0 fully saturated rings. The number of hydrogen-bond donors (Lipinski definition) is 4. The molecular formula is C20H31N3O2. The maximum Gasteiger partial charge on any atom is 0.201 e. The van der Waals surface area contributed by atoms with Gasteiger partial charge >= 0.3 is 0 Å². The lowest BCUT2D eigenvalue weighted by atomic mass is 10.1. The summed E-state index contributed by atoms with van der Waals surface area (Å²) in [5, 5.41) is 20.7. The van der Waals surface area contributed by atoms with E-state index < -0.39 is 0 Å². The first kappa shape index (κ1) is 19.0. The molecule has 5 heteroatoms. The third-order valence-corrected chi connectivity index (χ3v) is 4.55. The van der Waals surface area contributed by atoms with Crippen LogP contribution in [0.5, 0.6) is 11.8 Å². The fraction of sp³-hybridized carbons (Fsp3) is 0.500. The van der Waals surface area contributed by atoms with E-state index in [-0.39, 0.29) is 11.8 Å². The van der Waals surface area contributed by atoms with Gasteiger partial charge in [0.25, 0.3) is 0 Å². The molecule has 5 nitrogen and oxygen atoms in total. The van der Waals surface area contributed by atoms with Gasteiger partial charge in [-0.1, -0.05) is 51.9 Å². The second-order valence-corrected chi connectivity index (χ2v) is 6.77.